The van der Waals surface area contributed by atoms with Crippen LogP contribution in [0.5, 0.6) is 0 Å². The van der Waals surface area contributed by atoms with Crippen molar-refractivity contribution < 1.29 is 18.7 Å². The molecule has 2 fully saturated rings. The second kappa shape index (κ2) is 8.10. The van der Waals surface area contributed by atoms with Crippen LogP contribution in [0.1, 0.15) is 31.2 Å². The van der Waals surface area contributed by atoms with Crippen LogP contribution >= 0.6 is 0 Å². The standard InChI is InChI=1S/C18H25F2N3O2/c19-14-8-13(9-15(20)10-14)11-22-6-3-16(4-7-22)21-18(25)23-5-1-2-17(23)12-24/h8-10,16-17,24H,1-7,11-12H2,(H,21,25)/t17-/m0/s1. The van der Waals surface area contributed by atoms with Crippen molar-refractivity contribution in [3.05, 3.63) is 35.4 Å². The number of piperidine rings is 1. The van der Waals surface area contributed by atoms with E-state index in [0.717, 1.165) is 44.8 Å². The monoisotopic (exact) mass is 353 g/mol. The zero-order valence-electron chi connectivity index (χ0n) is 14.3. The Morgan fingerprint density at radius 2 is 1.80 bits per heavy atom. The molecule has 0 unspecified atom stereocenters. The van der Waals surface area contributed by atoms with Gasteiger partial charge in [-0.15, -0.1) is 0 Å². The molecular formula is C18H25F2N3O2. The van der Waals surface area contributed by atoms with E-state index in [1.165, 1.54) is 12.1 Å². The van der Waals surface area contributed by atoms with E-state index in [9.17, 15) is 18.7 Å². The first-order valence-corrected chi connectivity index (χ1v) is 8.90. The third kappa shape index (κ3) is 4.67. The summed E-state index contributed by atoms with van der Waals surface area (Å²) in [5.41, 5.74) is 0.628. The SMILES string of the molecule is O=C(NC1CCN(Cc2cc(F)cc(F)c2)CC1)N1CCC[C@H]1CO. The van der Waals surface area contributed by atoms with Gasteiger partial charge in [0, 0.05) is 38.3 Å². The van der Waals surface area contributed by atoms with Gasteiger partial charge >= 0.3 is 6.03 Å². The van der Waals surface area contributed by atoms with Gasteiger partial charge in [0.1, 0.15) is 11.6 Å². The number of carbonyl (C=O) groups excluding carboxylic acids is 1. The fourth-order valence-corrected chi connectivity index (χ4v) is 3.75. The molecule has 0 saturated carbocycles. The summed E-state index contributed by atoms with van der Waals surface area (Å²) in [5, 5.41) is 12.4. The van der Waals surface area contributed by atoms with Crippen molar-refractivity contribution in [2.75, 3.05) is 26.2 Å². The number of hydrogen-bond donors (Lipinski definition) is 2. The average Bonchev–Trinajstić information content (AvgIpc) is 3.04. The maximum absolute atomic E-state index is 13.3. The molecule has 138 valence electrons. The van der Waals surface area contributed by atoms with Gasteiger partial charge in [-0.2, -0.15) is 0 Å². The lowest BCUT2D eigenvalue weighted by atomic mass is 10.0. The van der Waals surface area contributed by atoms with Crippen molar-refractivity contribution in [3.8, 4) is 0 Å². The van der Waals surface area contributed by atoms with Gasteiger partial charge < -0.3 is 15.3 Å². The molecule has 2 amide bonds. The van der Waals surface area contributed by atoms with E-state index in [1.54, 1.807) is 4.90 Å². The van der Waals surface area contributed by atoms with Gasteiger partial charge in [0.05, 0.1) is 12.6 Å². The zero-order chi connectivity index (χ0) is 17.8. The number of amides is 2. The van der Waals surface area contributed by atoms with Crippen LogP contribution in [0.4, 0.5) is 13.6 Å². The van der Waals surface area contributed by atoms with E-state index in [2.05, 4.69) is 10.2 Å². The number of aliphatic hydroxyl groups excluding tert-OH is 1. The number of halogens is 2. The summed E-state index contributed by atoms with van der Waals surface area (Å²) in [6, 6.07) is 3.54. The van der Waals surface area contributed by atoms with Crippen LogP contribution in [0.3, 0.4) is 0 Å². The quantitative estimate of drug-likeness (QED) is 0.872. The highest BCUT2D eigenvalue weighted by Gasteiger charge is 2.30. The van der Waals surface area contributed by atoms with Crippen molar-refractivity contribution in [1.82, 2.24) is 15.1 Å². The van der Waals surface area contributed by atoms with Crippen LogP contribution in [0.25, 0.3) is 0 Å². The van der Waals surface area contributed by atoms with Crippen LogP contribution in [0.2, 0.25) is 0 Å². The Hall–Kier alpha value is -1.73. The summed E-state index contributed by atoms with van der Waals surface area (Å²) < 4.78 is 26.5. The molecule has 0 aliphatic carbocycles. The summed E-state index contributed by atoms with van der Waals surface area (Å²) >= 11 is 0. The van der Waals surface area contributed by atoms with Crippen molar-refractivity contribution in [2.24, 2.45) is 0 Å². The van der Waals surface area contributed by atoms with E-state index in [1.807, 2.05) is 0 Å². The summed E-state index contributed by atoms with van der Waals surface area (Å²) in [7, 11) is 0. The van der Waals surface area contributed by atoms with Crippen molar-refractivity contribution >= 4 is 6.03 Å². The first-order chi connectivity index (χ1) is 12.0. The molecule has 2 saturated heterocycles. The van der Waals surface area contributed by atoms with E-state index in [0.29, 0.717) is 18.7 Å². The molecule has 0 aromatic heterocycles. The van der Waals surface area contributed by atoms with Crippen LogP contribution < -0.4 is 5.32 Å². The highest BCUT2D eigenvalue weighted by molar-refractivity contribution is 5.75. The highest BCUT2D eigenvalue weighted by atomic mass is 19.1. The fourth-order valence-electron chi connectivity index (χ4n) is 3.75. The minimum absolute atomic E-state index is 0.00998. The van der Waals surface area contributed by atoms with E-state index >= 15 is 0 Å². The van der Waals surface area contributed by atoms with Crippen molar-refractivity contribution in [2.45, 2.75) is 44.3 Å². The van der Waals surface area contributed by atoms with Crippen molar-refractivity contribution in [3.63, 3.8) is 0 Å². The summed E-state index contributed by atoms with van der Waals surface area (Å²) in [6.07, 6.45) is 3.40. The van der Waals surface area contributed by atoms with Crippen LogP contribution in [-0.2, 0) is 6.54 Å². The Balaban J connectivity index is 1.46. The van der Waals surface area contributed by atoms with Gasteiger partial charge in [0.25, 0.3) is 0 Å². The average molecular weight is 353 g/mol. The summed E-state index contributed by atoms with van der Waals surface area (Å²) in [6.45, 7) is 2.75. The van der Waals surface area contributed by atoms with Gasteiger partial charge in [-0.1, -0.05) is 0 Å². The Kier molecular flexibility index (Phi) is 5.86. The predicted octanol–water partition coefficient (Wildman–Crippen LogP) is 2.10. The molecule has 2 aliphatic heterocycles. The molecule has 0 bridgehead atoms. The minimum atomic E-state index is -0.554. The first kappa shape index (κ1) is 18.1. The van der Waals surface area contributed by atoms with Gasteiger partial charge in [-0.3, -0.25) is 4.90 Å². The van der Waals surface area contributed by atoms with Gasteiger partial charge in [0.15, 0.2) is 0 Å². The number of aliphatic hydroxyl groups is 1. The van der Waals surface area contributed by atoms with Crippen LogP contribution in [0, 0.1) is 11.6 Å². The molecule has 3 rings (SSSR count). The molecule has 5 nitrogen and oxygen atoms in total. The summed E-state index contributed by atoms with van der Waals surface area (Å²) in [5.74, 6) is -1.11. The minimum Gasteiger partial charge on any atom is -0.394 e. The molecule has 1 aromatic rings. The Morgan fingerprint density at radius 3 is 2.44 bits per heavy atom. The fraction of sp³-hybridized carbons (Fsp3) is 0.611. The molecule has 2 aliphatic rings. The normalized spacial score (nSPS) is 22.4. The number of urea groups is 1. The number of likely N-dealkylation sites (tertiary alicyclic amines) is 2. The highest BCUT2D eigenvalue weighted by Crippen LogP contribution is 2.19. The first-order valence-electron chi connectivity index (χ1n) is 8.90. The molecule has 1 aromatic carbocycles. The van der Waals surface area contributed by atoms with Crippen molar-refractivity contribution in [1.29, 1.82) is 0 Å². The molecule has 2 heterocycles. The van der Waals surface area contributed by atoms with Crippen LogP contribution in [-0.4, -0.2) is 59.3 Å². The lowest BCUT2D eigenvalue weighted by Gasteiger charge is -2.34. The molecular weight excluding hydrogens is 328 g/mol. The molecule has 2 N–H and O–H groups in total. The topological polar surface area (TPSA) is 55.8 Å². The number of hydrogen-bond acceptors (Lipinski definition) is 3. The van der Waals surface area contributed by atoms with Gasteiger partial charge in [-0.05, 0) is 43.4 Å². The second-order valence-corrected chi connectivity index (χ2v) is 6.95. The smallest absolute Gasteiger partial charge is 0.317 e. The lowest BCUT2D eigenvalue weighted by Crippen LogP contribution is -2.50. The maximum atomic E-state index is 13.3. The third-order valence-corrected chi connectivity index (χ3v) is 5.09. The van der Waals surface area contributed by atoms with Gasteiger partial charge in [-0.25, -0.2) is 13.6 Å². The number of carbonyl (C=O) groups is 1. The van der Waals surface area contributed by atoms with Gasteiger partial charge in [0.2, 0.25) is 0 Å². The Bertz CT molecular complexity index is 586. The molecule has 1 atom stereocenters. The summed E-state index contributed by atoms with van der Waals surface area (Å²) in [4.78, 5) is 16.2. The van der Waals surface area contributed by atoms with Crippen LogP contribution in [0.15, 0.2) is 18.2 Å². The maximum Gasteiger partial charge on any atom is 0.317 e. The predicted molar refractivity (Wildman–Crippen MR) is 90.0 cm³/mol. The molecule has 0 spiro atoms. The van der Waals surface area contributed by atoms with E-state index < -0.39 is 11.6 Å². The Morgan fingerprint density at radius 1 is 1.12 bits per heavy atom. The largest absolute Gasteiger partial charge is 0.394 e. The lowest BCUT2D eigenvalue weighted by molar-refractivity contribution is 0.145. The molecule has 7 heteroatoms. The zero-order valence-corrected chi connectivity index (χ0v) is 14.3. The molecule has 0 radical (unpaired) electrons. The molecule has 25 heavy (non-hydrogen) atoms. The second-order valence-electron chi connectivity index (χ2n) is 6.95. The number of benzene rings is 1. The third-order valence-electron chi connectivity index (χ3n) is 5.09. The van der Waals surface area contributed by atoms with E-state index in [4.69, 9.17) is 0 Å². The number of nitrogens with one attached hydrogen (secondary N) is 1. The Labute approximate surface area is 146 Å². The van der Waals surface area contributed by atoms with E-state index in [-0.39, 0.29) is 24.7 Å². The number of rotatable bonds is 4. The number of nitrogens with zero attached hydrogens (tertiary/aromatic N) is 2.